The summed E-state index contributed by atoms with van der Waals surface area (Å²) in [5.41, 5.74) is 0. The molecule has 1 saturated carbocycles. The molecule has 3 rings (SSSR count). The number of carboxylic acid groups (broad SMARTS) is 1. The van der Waals surface area contributed by atoms with E-state index in [1.54, 1.807) is 0 Å². The zero-order valence-corrected chi connectivity index (χ0v) is 18.3. The molecule has 4 nitrogen and oxygen atoms in total. The first-order valence-electron chi connectivity index (χ1n) is 10.9. The van der Waals surface area contributed by atoms with Crippen LogP contribution in [-0.2, 0) is 14.3 Å². The number of fused-ring (bicyclic) bond motifs is 1. The second-order valence-electron chi connectivity index (χ2n) is 8.43. The number of terminal acetylenes is 1. The Labute approximate surface area is 176 Å². The normalized spacial score (nSPS) is 33.3. The predicted octanol–water partition coefficient (Wildman–Crippen LogP) is 5.63. The van der Waals surface area contributed by atoms with Gasteiger partial charge in [0.15, 0.2) is 0 Å². The molecule has 0 amide bonds. The van der Waals surface area contributed by atoms with E-state index in [9.17, 15) is 4.79 Å². The molecule has 1 heterocycles. The van der Waals surface area contributed by atoms with Crippen LogP contribution >= 0.6 is 0 Å². The molecule has 0 aromatic rings. The fraction of sp³-hybridized carbons (Fsp3) is 0.680. The maximum Gasteiger partial charge on any atom is 0.306 e. The molecule has 1 aliphatic heterocycles. The van der Waals surface area contributed by atoms with Gasteiger partial charge in [0, 0.05) is 13.3 Å². The number of ether oxygens (including phenoxy) is 1. The third kappa shape index (κ3) is 8.48. The highest BCUT2D eigenvalue weighted by molar-refractivity contribution is 5.70. The molecule has 6 atom stereocenters. The molecule has 0 bridgehead atoms. The van der Waals surface area contributed by atoms with E-state index in [1.165, 1.54) is 25.7 Å². The van der Waals surface area contributed by atoms with Crippen molar-refractivity contribution < 1.29 is 19.4 Å². The van der Waals surface area contributed by atoms with E-state index >= 15 is 0 Å². The first-order valence-corrected chi connectivity index (χ1v) is 10.9. The maximum atomic E-state index is 11.5. The van der Waals surface area contributed by atoms with Gasteiger partial charge in [0.25, 0.3) is 5.97 Å². The van der Waals surface area contributed by atoms with Crippen molar-refractivity contribution in [2.45, 2.75) is 78.2 Å². The molecule has 2 fully saturated rings. The Balaban J connectivity index is 0.000000627. The first-order chi connectivity index (χ1) is 13.9. The van der Waals surface area contributed by atoms with E-state index in [1.807, 2.05) is 0 Å². The van der Waals surface area contributed by atoms with Gasteiger partial charge in [-0.3, -0.25) is 9.59 Å². The van der Waals surface area contributed by atoms with Crippen LogP contribution in [-0.4, -0.2) is 23.1 Å². The monoisotopic (exact) mass is 402 g/mol. The minimum atomic E-state index is -0.833. The lowest BCUT2D eigenvalue weighted by Gasteiger charge is -2.44. The number of aliphatic carboxylic acids is 1. The summed E-state index contributed by atoms with van der Waals surface area (Å²) in [6.45, 7) is 5.60. The number of cyclic esters (lactones) is 1. The van der Waals surface area contributed by atoms with E-state index < -0.39 is 5.97 Å². The molecule has 0 aromatic heterocycles. The quantitative estimate of drug-likeness (QED) is 0.376. The van der Waals surface area contributed by atoms with Crippen LogP contribution in [0.4, 0.5) is 0 Å². The van der Waals surface area contributed by atoms with Crippen molar-refractivity contribution in [2.75, 3.05) is 0 Å². The molecule has 1 N–H and O–H groups in total. The van der Waals surface area contributed by atoms with Gasteiger partial charge in [-0.05, 0) is 81.5 Å². The zero-order chi connectivity index (χ0) is 21.8. The Morgan fingerprint density at radius 1 is 1.24 bits per heavy atom. The molecule has 2 aliphatic carbocycles. The highest BCUT2D eigenvalue weighted by Crippen LogP contribution is 2.47. The van der Waals surface area contributed by atoms with Crippen molar-refractivity contribution >= 4 is 11.9 Å². The predicted molar refractivity (Wildman–Crippen MR) is 117 cm³/mol. The van der Waals surface area contributed by atoms with E-state index in [2.05, 4.69) is 51.0 Å². The van der Waals surface area contributed by atoms with E-state index in [0.29, 0.717) is 12.3 Å². The lowest BCUT2D eigenvalue weighted by molar-refractivity contribution is -0.154. The van der Waals surface area contributed by atoms with E-state index in [-0.39, 0.29) is 12.1 Å². The third-order valence-corrected chi connectivity index (χ3v) is 6.37. The fourth-order valence-electron chi connectivity index (χ4n) is 5.15. The molecular weight excluding hydrogens is 364 g/mol. The number of rotatable bonds is 4. The van der Waals surface area contributed by atoms with Crippen LogP contribution in [0.15, 0.2) is 24.3 Å². The molecule has 0 aromatic carbocycles. The van der Waals surface area contributed by atoms with Crippen molar-refractivity contribution in [2.24, 2.45) is 29.6 Å². The van der Waals surface area contributed by atoms with Crippen molar-refractivity contribution in [3.8, 4) is 12.8 Å². The van der Waals surface area contributed by atoms with Gasteiger partial charge in [0.1, 0.15) is 6.10 Å². The summed E-state index contributed by atoms with van der Waals surface area (Å²) in [6, 6.07) is 0. The molecule has 4 heteroatoms. The number of esters is 1. The summed E-state index contributed by atoms with van der Waals surface area (Å²) in [5, 5.41) is 7.42. The van der Waals surface area contributed by atoms with Crippen LogP contribution in [0, 0.1) is 42.4 Å². The van der Waals surface area contributed by atoms with Gasteiger partial charge >= 0.3 is 5.97 Å². The summed E-state index contributed by atoms with van der Waals surface area (Å²) in [6.07, 6.45) is 26.8. The lowest BCUT2D eigenvalue weighted by atomic mass is 9.62. The number of hydrogen-bond acceptors (Lipinski definition) is 3. The summed E-state index contributed by atoms with van der Waals surface area (Å²) >= 11 is 0. The average Bonchev–Trinajstić information content (AvgIpc) is 2.69. The van der Waals surface area contributed by atoms with Crippen LogP contribution in [0.25, 0.3) is 0 Å². The third-order valence-electron chi connectivity index (χ3n) is 6.37. The average molecular weight is 403 g/mol. The molecule has 29 heavy (non-hydrogen) atoms. The number of carboxylic acids is 1. The fourth-order valence-corrected chi connectivity index (χ4v) is 5.15. The van der Waals surface area contributed by atoms with Crippen LogP contribution in [0.2, 0.25) is 0 Å². The van der Waals surface area contributed by atoms with Crippen LogP contribution in [0.1, 0.15) is 72.1 Å². The van der Waals surface area contributed by atoms with Crippen molar-refractivity contribution in [1.82, 2.24) is 0 Å². The molecule has 0 spiro atoms. The topological polar surface area (TPSA) is 63.6 Å². The van der Waals surface area contributed by atoms with Gasteiger partial charge in [-0.1, -0.05) is 31.2 Å². The van der Waals surface area contributed by atoms with Crippen LogP contribution in [0.3, 0.4) is 0 Å². The van der Waals surface area contributed by atoms with Crippen molar-refractivity contribution in [3.05, 3.63) is 24.3 Å². The van der Waals surface area contributed by atoms with Gasteiger partial charge in [-0.15, -0.1) is 12.8 Å². The van der Waals surface area contributed by atoms with Crippen molar-refractivity contribution in [1.29, 1.82) is 0 Å². The number of carbonyl (C=O) groups is 2. The lowest BCUT2D eigenvalue weighted by Crippen LogP contribution is -2.35. The van der Waals surface area contributed by atoms with E-state index in [0.717, 1.165) is 49.9 Å². The number of allylic oxidation sites excluding steroid dienone is 4. The Kier molecular flexibility index (Phi) is 11.4. The second-order valence-corrected chi connectivity index (χ2v) is 8.43. The second kappa shape index (κ2) is 13.2. The van der Waals surface area contributed by atoms with Gasteiger partial charge in [-0.2, -0.15) is 0 Å². The first kappa shape index (κ1) is 25.0. The Morgan fingerprint density at radius 2 is 1.93 bits per heavy atom. The summed E-state index contributed by atoms with van der Waals surface area (Å²) in [4.78, 5) is 20.5. The van der Waals surface area contributed by atoms with Crippen molar-refractivity contribution in [3.63, 3.8) is 0 Å². The Hall–Kier alpha value is -2.02. The molecule has 1 saturated heterocycles. The zero-order valence-electron chi connectivity index (χ0n) is 18.3. The van der Waals surface area contributed by atoms with Gasteiger partial charge in [0.05, 0.1) is 0 Å². The molecule has 2 unspecified atom stereocenters. The van der Waals surface area contributed by atoms with E-state index in [4.69, 9.17) is 14.6 Å². The smallest absolute Gasteiger partial charge is 0.306 e. The molecular formula is C25H38O4. The summed E-state index contributed by atoms with van der Waals surface area (Å²) < 4.78 is 5.53. The highest BCUT2D eigenvalue weighted by atomic mass is 16.5. The minimum absolute atomic E-state index is 0.0163. The largest absolute Gasteiger partial charge is 0.481 e. The summed E-state index contributed by atoms with van der Waals surface area (Å²) in [7, 11) is 0. The summed E-state index contributed by atoms with van der Waals surface area (Å²) in [5.74, 6) is 3.02. The Morgan fingerprint density at radius 3 is 2.55 bits per heavy atom. The molecule has 162 valence electrons. The van der Waals surface area contributed by atoms with Gasteiger partial charge < -0.3 is 9.84 Å². The molecule has 3 aliphatic rings. The molecule has 0 radical (unpaired) electrons. The number of hydrogen-bond donors (Lipinski definition) is 1. The van der Waals surface area contributed by atoms with Gasteiger partial charge in [0.2, 0.25) is 0 Å². The Bertz CT molecular complexity index is 585. The van der Waals surface area contributed by atoms with Crippen LogP contribution in [0.5, 0.6) is 0 Å². The standard InChI is InChI=1S/C21H32O2.C2H4O2.C2H2/c1-3-5-16-9-12-20-17(14-16)10-8-15(2)19(20)13-11-18-6-4-7-21(22)23-18;1-2(3)4;1-2/h3,5,8,10,15-20H,4,6-7,9,11-14H2,1-2H3;1H3,(H,3,4);1-2H/b5-3-;;/t15-,16+,17?,18-,19?,20-;;/m0../s1. The highest BCUT2D eigenvalue weighted by Gasteiger charge is 2.38. The van der Waals surface area contributed by atoms with Crippen LogP contribution < -0.4 is 0 Å². The maximum absolute atomic E-state index is 11.5. The van der Waals surface area contributed by atoms with Gasteiger partial charge in [-0.25, -0.2) is 0 Å². The minimum Gasteiger partial charge on any atom is -0.481 e. The SMILES string of the molecule is C#C.C/C=C\[C@@H]1CC[C@H]2C(C=C[C@H](C)C2CC[C@@H]2CCCC(=O)O2)C1.CC(=O)O. The number of carbonyl (C=O) groups excluding carboxylic acids is 1.